The van der Waals surface area contributed by atoms with Gasteiger partial charge in [0.25, 0.3) is 0 Å². The average molecular weight is 450 g/mol. The van der Waals surface area contributed by atoms with Crippen molar-refractivity contribution >= 4 is 33.2 Å². The lowest BCUT2D eigenvalue weighted by Crippen LogP contribution is -2.47. The van der Waals surface area contributed by atoms with Crippen LogP contribution in [-0.2, 0) is 26.2 Å². The first kappa shape index (κ1) is 22.5. The first-order valence-electron chi connectivity index (χ1n) is 10.1. The number of hydrogen-bond acceptors (Lipinski definition) is 5. The fourth-order valence-electron chi connectivity index (χ4n) is 3.47. The van der Waals surface area contributed by atoms with Crippen LogP contribution < -0.4 is 10.0 Å². The van der Waals surface area contributed by atoms with Gasteiger partial charge >= 0.3 is 0 Å². The van der Waals surface area contributed by atoms with Gasteiger partial charge in [-0.15, -0.1) is 11.3 Å². The Bertz CT molecular complexity index is 924. The minimum absolute atomic E-state index is 0.0950. The van der Waals surface area contributed by atoms with Crippen LogP contribution in [0, 0.1) is 0 Å². The molecule has 2 aromatic rings. The second-order valence-corrected chi connectivity index (χ2v) is 10.2. The van der Waals surface area contributed by atoms with Gasteiger partial charge in [-0.05, 0) is 36.4 Å². The highest BCUT2D eigenvalue weighted by atomic mass is 32.2. The standard InChI is InChI=1S/C21H27N3O4S2/c25-20(23-17-8-3-1-4-9-17)16-24(15-18-10-7-13-29-18)21(26)14-22-30(27,28)19-11-5-2-6-12-19/h2,5-7,10-13,17,22H,1,3-4,8-9,14-16H2,(H,23,25). The highest BCUT2D eigenvalue weighted by Gasteiger charge is 2.23. The maximum Gasteiger partial charge on any atom is 0.241 e. The molecule has 2 amide bonds. The minimum atomic E-state index is -3.80. The van der Waals surface area contributed by atoms with Crippen molar-refractivity contribution in [1.29, 1.82) is 0 Å². The Morgan fingerprint density at radius 3 is 2.43 bits per heavy atom. The molecule has 0 unspecified atom stereocenters. The predicted molar refractivity (Wildman–Crippen MR) is 116 cm³/mol. The number of hydrogen-bond donors (Lipinski definition) is 2. The lowest BCUT2D eigenvalue weighted by molar-refractivity contribution is -0.136. The summed E-state index contributed by atoms with van der Waals surface area (Å²) in [6.45, 7) is -0.235. The summed E-state index contributed by atoms with van der Waals surface area (Å²) in [6, 6.07) is 11.8. The Labute approximate surface area is 181 Å². The third-order valence-electron chi connectivity index (χ3n) is 5.05. The zero-order chi connectivity index (χ0) is 21.4. The summed E-state index contributed by atoms with van der Waals surface area (Å²) in [6.07, 6.45) is 5.31. The molecule has 1 fully saturated rings. The lowest BCUT2D eigenvalue weighted by Gasteiger charge is -2.26. The van der Waals surface area contributed by atoms with Crippen molar-refractivity contribution in [3.8, 4) is 0 Å². The number of carbonyl (C=O) groups excluding carboxylic acids is 2. The summed E-state index contributed by atoms with van der Waals surface area (Å²) >= 11 is 1.49. The van der Waals surface area contributed by atoms with E-state index in [1.807, 2.05) is 17.5 Å². The van der Waals surface area contributed by atoms with Gasteiger partial charge in [0.1, 0.15) is 0 Å². The van der Waals surface area contributed by atoms with Crippen LogP contribution in [0.25, 0.3) is 0 Å². The van der Waals surface area contributed by atoms with E-state index in [-0.39, 0.29) is 29.9 Å². The van der Waals surface area contributed by atoms with Crippen molar-refractivity contribution in [2.75, 3.05) is 13.1 Å². The Kier molecular flexibility index (Phi) is 8.01. The molecule has 0 radical (unpaired) electrons. The fourth-order valence-corrected chi connectivity index (χ4v) is 5.18. The first-order valence-corrected chi connectivity index (χ1v) is 12.4. The quantitative estimate of drug-likeness (QED) is 0.615. The van der Waals surface area contributed by atoms with Crippen LogP contribution in [0.15, 0.2) is 52.7 Å². The second kappa shape index (κ2) is 10.7. The third kappa shape index (κ3) is 6.65. The van der Waals surface area contributed by atoms with Gasteiger partial charge in [0, 0.05) is 10.9 Å². The zero-order valence-corrected chi connectivity index (χ0v) is 18.4. The van der Waals surface area contributed by atoms with E-state index in [0.717, 1.165) is 30.6 Å². The number of amides is 2. The van der Waals surface area contributed by atoms with Crippen molar-refractivity contribution in [2.45, 2.75) is 49.6 Å². The van der Waals surface area contributed by atoms with Crippen LogP contribution in [-0.4, -0.2) is 44.3 Å². The van der Waals surface area contributed by atoms with Gasteiger partial charge in [-0.3, -0.25) is 9.59 Å². The van der Waals surface area contributed by atoms with Gasteiger partial charge in [0.2, 0.25) is 21.8 Å². The highest BCUT2D eigenvalue weighted by Crippen LogP contribution is 2.17. The van der Waals surface area contributed by atoms with Gasteiger partial charge in [0.05, 0.1) is 24.5 Å². The Balaban J connectivity index is 1.62. The molecule has 0 atom stereocenters. The maximum absolute atomic E-state index is 12.8. The molecular formula is C21H27N3O4S2. The van der Waals surface area contributed by atoms with Crippen molar-refractivity contribution in [2.24, 2.45) is 0 Å². The van der Waals surface area contributed by atoms with Crippen LogP contribution in [0.3, 0.4) is 0 Å². The molecular weight excluding hydrogens is 422 g/mol. The number of rotatable bonds is 9. The molecule has 1 saturated carbocycles. The van der Waals surface area contributed by atoms with Crippen LogP contribution >= 0.6 is 11.3 Å². The molecule has 0 aliphatic heterocycles. The van der Waals surface area contributed by atoms with Gasteiger partial charge in [0.15, 0.2) is 0 Å². The van der Waals surface area contributed by atoms with E-state index in [1.54, 1.807) is 18.2 Å². The molecule has 0 spiro atoms. The van der Waals surface area contributed by atoms with E-state index in [2.05, 4.69) is 10.0 Å². The summed E-state index contributed by atoms with van der Waals surface area (Å²) in [5, 5.41) is 4.91. The van der Waals surface area contributed by atoms with Gasteiger partial charge in [-0.2, -0.15) is 0 Å². The summed E-state index contributed by atoms with van der Waals surface area (Å²) in [5.41, 5.74) is 0. The molecule has 1 aromatic heterocycles. The molecule has 9 heteroatoms. The summed E-state index contributed by atoms with van der Waals surface area (Å²) in [7, 11) is -3.80. The fraction of sp³-hybridized carbons (Fsp3) is 0.429. The van der Waals surface area contributed by atoms with Crippen LogP contribution in [0.5, 0.6) is 0 Å². The number of nitrogens with zero attached hydrogens (tertiary/aromatic N) is 1. The van der Waals surface area contributed by atoms with Crippen molar-refractivity contribution in [1.82, 2.24) is 14.9 Å². The normalized spacial score (nSPS) is 14.9. The van der Waals surface area contributed by atoms with Crippen molar-refractivity contribution < 1.29 is 18.0 Å². The van der Waals surface area contributed by atoms with Gasteiger partial charge in [-0.25, -0.2) is 13.1 Å². The van der Waals surface area contributed by atoms with E-state index < -0.39 is 22.5 Å². The first-order chi connectivity index (χ1) is 14.4. The smallest absolute Gasteiger partial charge is 0.241 e. The molecule has 162 valence electrons. The molecule has 1 aromatic carbocycles. The summed E-state index contributed by atoms with van der Waals surface area (Å²) in [5.74, 6) is -0.653. The summed E-state index contributed by atoms with van der Waals surface area (Å²) < 4.78 is 27.1. The third-order valence-corrected chi connectivity index (χ3v) is 7.33. The predicted octanol–water partition coefficient (Wildman–Crippen LogP) is 2.50. The molecule has 7 nitrogen and oxygen atoms in total. The number of sulfonamides is 1. The molecule has 1 heterocycles. The molecule has 1 aliphatic carbocycles. The van der Waals surface area contributed by atoms with Gasteiger partial charge < -0.3 is 10.2 Å². The molecule has 3 rings (SSSR count). The van der Waals surface area contributed by atoms with E-state index in [4.69, 9.17) is 0 Å². The highest BCUT2D eigenvalue weighted by molar-refractivity contribution is 7.89. The minimum Gasteiger partial charge on any atom is -0.352 e. The largest absolute Gasteiger partial charge is 0.352 e. The second-order valence-electron chi connectivity index (χ2n) is 7.37. The number of thiophene rings is 1. The molecule has 1 aliphatic rings. The lowest BCUT2D eigenvalue weighted by atomic mass is 9.95. The Morgan fingerprint density at radius 2 is 1.77 bits per heavy atom. The SMILES string of the molecule is O=C(CN(Cc1cccs1)C(=O)CNS(=O)(=O)c1ccccc1)NC1CCCCC1. The van der Waals surface area contributed by atoms with Crippen LogP contribution in [0.4, 0.5) is 0 Å². The van der Waals surface area contributed by atoms with E-state index in [9.17, 15) is 18.0 Å². The Morgan fingerprint density at radius 1 is 1.03 bits per heavy atom. The molecule has 2 N–H and O–H groups in total. The van der Waals surface area contributed by atoms with E-state index >= 15 is 0 Å². The zero-order valence-electron chi connectivity index (χ0n) is 16.7. The number of carbonyl (C=O) groups is 2. The molecule has 30 heavy (non-hydrogen) atoms. The maximum atomic E-state index is 12.8. The van der Waals surface area contributed by atoms with Crippen LogP contribution in [0.2, 0.25) is 0 Å². The number of benzene rings is 1. The number of nitrogens with one attached hydrogen (secondary N) is 2. The monoisotopic (exact) mass is 449 g/mol. The average Bonchev–Trinajstić information content (AvgIpc) is 3.26. The van der Waals surface area contributed by atoms with E-state index in [1.165, 1.54) is 34.8 Å². The van der Waals surface area contributed by atoms with E-state index in [0.29, 0.717) is 0 Å². The van der Waals surface area contributed by atoms with Crippen molar-refractivity contribution in [3.05, 3.63) is 52.7 Å². The Hall–Kier alpha value is -2.23. The van der Waals surface area contributed by atoms with Crippen molar-refractivity contribution in [3.63, 3.8) is 0 Å². The van der Waals surface area contributed by atoms with Gasteiger partial charge in [-0.1, -0.05) is 43.5 Å². The topological polar surface area (TPSA) is 95.6 Å². The molecule has 0 saturated heterocycles. The molecule has 0 bridgehead atoms. The van der Waals surface area contributed by atoms with Crippen LogP contribution in [0.1, 0.15) is 37.0 Å². The summed E-state index contributed by atoms with van der Waals surface area (Å²) in [4.78, 5) is 27.8.